The van der Waals surface area contributed by atoms with Crippen molar-refractivity contribution in [3.05, 3.63) is 84.6 Å². The highest BCUT2D eigenvalue weighted by molar-refractivity contribution is 5.98. The minimum absolute atomic E-state index is 0.146. The molecule has 0 amide bonds. The second-order valence-corrected chi connectivity index (χ2v) is 17.3. The van der Waals surface area contributed by atoms with Crippen LogP contribution in [0, 0.1) is 94.7 Å². The first-order valence-corrected chi connectivity index (χ1v) is 19.5. The standard InChI is InChI=1S/C12H16.C9H8O3.C9H12.C7H10.C7H8/c1-2-8-5-7(1)11-9-3-4-10(6-9)12(8)11;10-8-6-4-1-2-5(3-4)7(6)9(11)12-8;1-2-8-5-7-3-4-9(8)6-7;2*1-2-7-4-3-6(1)5-7/h1-2,7-12H,3-6H2;1-2,4-7H,3H2;2-4,7,9H,5-6H2,1H3;1-2,6-7H,3-5H2;1-4,6-7H,5H2. The number of ether oxygens (including phenoxy) is 1. The Morgan fingerprint density at radius 1 is 0.532 bits per heavy atom. The zero-order valence-corrected chi connectivity index (χ0v) is 28.2. The summed E-state index contributed by atoms with van der Waals surface area (Å²) in [5, 5.41) is 0. The van der Waals surface area contributed by atoms with Crippen molar-refractivity contribution < 1.29 is 14.3 Å². The van der Waals surface area contributed by atoms with E-state index in [1.54, 1.807) is 24.8 Å². The summed E-state index contributed by atoms with van der Waals surface area (Å²) in [5.74, 6) is 11.6. The molecule has 13 rings (SSSR count). The molecule has 0 spiro atoms. The van der Waals surface area contributed by atoms with E-state index in [9.17, 15) is 9.59 Å². The van der Waals surface area contributed by atoms with Crippen LogP contribution in [0.4, 0.5) is 0 Å². The summed E-state index contributed by atoms with van der Waals surface area (Å²) >= 11 is 0. The molecule has 14 unspecified atom stereocenters. The number of carbonyl (C=O) groups is 2. The molecule has 248 valence electrons. The summed E-state index contributed by atoms with van der Waals surface area (Å²) in [6.45, 7) is 2.16. The van der Waals surface area contributed by atoms with Gasteiger partial charge in [-0.1, -0.05) is 84.6 Å². The molecule has 0 radical (unpaired) electrons. The first-order valence-electron chi connectivity index (χ1n) is 19.5. The normalized spacial score (nSPS) is 50.4. The van der Waals surface area contributed by atoms with Crippen molar-refractivity contribution in [1.82, 2.24) is 0 Å². The van der Waals surface area contributed by atoms with Crippen LogP contribution in [0.5, 0.6) is 0 Å². The summed E-state index contributed by atoms with van der Waals surface area (Å²) in [5.41, 5.74) is 1.67. The first kappa shape index (κ1) is 30.4. The van der Waals surface area contributed by atoms with E-state index in [1.165, 1.54) is 44.9 Å². The van der Waals surface area contributed by atoms with Crippen molar-refractivity contribution in [1.29, 1.82) is 0 Å². The maximum atomic E-state index is 11.2. The van der Waals surface area contributed by atoms with Gasteiger partial charge in [-0.3, -0.25) is 9.59 Å². The maximum absolute atomic E-state index is 11.2. The van der Waals surface area contributed by atoms with E-state index in [2.05, 4.69) is 78.5 Å². The van der Waals surface area contributed by atoms with Crippen molar-refractivity contribution in [3.63, 3.8) is 0 Å². The predicted molar refractivity (Wildman–Crippen MR) is 186 cm³/mol. The Morgan fingerprint density at radius 3 is 1.45 bits per heavy atom. The van der Waals surface area contributed by atoms with Crippen molar-refractivity contribution in [2.75, 3.05) is 0 Å². The second-order valence-electron chi connectivity index (χ2n) is 17.3. The Balaban J connectivity index is 0.0000000820. The fourth-order valence-electron chi connectivity index (χ4n) is 12.7. The number of esters is 2. The van der Waals surface area contributed by atoms with Gasteiger partial charge in [0.2, 0.25) is 0 Å². The number of allylic oxidation sites excluding steroid dienone is 14. The van der Waals surface area contributed by atoms with Gasteiger partial charge in [0, 0.05) is 0 Å². The number of carbonyl (C=O) groups excluding carboxylic acids is 2. The number of rotatable bonds is 0. The predicted octanol–water partition coefficient (Wildman–Crippen LogP) is 9.61. The van der Waals surface area contributed by atoms with Crippen molar-refractivity contribution in [3.8, 4) is 0 Å². The van der Waals surface area contributed by atoms with E-state index in [4.69, 9.17) is 0 Å². The third-order valence-electron chi connectivity index (χ3n) is 14.8. The van der Waals surface area contributed by atoms with Crippen LogP contribution >= 0.6 is 0 Å². The zero-order chi connectivity index (χ0) is 31.6. The van der Waals surface area contributed by atoms with Crippen LogP contribution in [0.15, 0.2) is 84.6 Å². The first-order chi connectivity index (χ1) is 23.0. The van der Waals surface area contributed by atoms with Gasteiger partial charge in [-0.2, -0.15) is 0 Å². The molecule has 14 atom stereocenters. The Bertz CT molecular complexity index is 1380. The Labute approximate surface area is 282 Å². The van der Waals surface area contributed by atoms with Crippen LogP contribution in [0.2, 0.25) is 0 Å². The molecular formula is C44H54O3. The van der Waals surface area contributed by atoms with E-state index >= 15 is 0 Å². The lowest BCUT2D eigenvalue weighted by Crippen LogP contribution is -2.25. The van der Waals surface area contributed by atoms with Crippen molar-refractivity contribution in [2.24, 2.45) is 94.7 Å². The fraction of sp³-hybridized carbons (Fsp3) is 0.636. The molecule has 0 aromatic heterocycles. The molecule has 47 heavy (non-hydrogen) atoms. The van der Waals surface area contributed by atoms with Crippen molar-refractivity contribution in [2.45, 2.75) is 77.6 Å². The Hall–Kier alpha value is -2.68. The minimum Gasteiger partial charge on any atom is -0.393 e. The molecule has 3 heteroatoms. The maximum Gasteiger partial charge on any atom is 0.318 e. The summed E-state index contributed by atoms with van der Waals surface area (Å²) in [6.07, 6.45) is 45.9. The van der Waals surface area contributed by atoms with Gasteiger partial charge in [0.25, 0.3) is 0 Å². The summed E-state index contributed by atoms with van der Waals surface area (Å²) in [6, 6.07) is 0. The number of hydrogen-bond acceptors (Lipinski definition) is 3. The van der Waals surface area contributed by atoms with Gasteiger partial charge >= 0.3 is 11.9 Å². The summed E-state index contributed by atoms with van der Waals surface area (Å²) in [4.78, 5) is 22.4. The van der Waals surface area contributed by atoms with Crippen LogP contribution in [-0.4, -0.2) is 11.9 Å². The monoisotopic (exact) mass is 630 g/mol. The fourth-order valence-corrected chi connectivity index (χ4v) is 12.7. The molecular weight excluding hydrogens is 576 g/mol. The highest BCUT2D eigenvalue weighted by Crippen LogP contribution is 2.65. The second kappa shape index (κ2) is 12.3. The molecule has 0 aromatic carbocycles. The van der Waals surface area contributed by atoms with E-state index < -0.39 is 0 Å². The summed E-state index contributed by atoms with van der Waals surface area (Å²) in [7, 11) is 0. The quantitative estimate of drug-likeness (QED) is 0.116. The number of hydrogen-bond donors (Lipinski definition) is 0. The smallest absolute Gasteiger partial charge is 0.318 e. The third-order valence-corrected chi connectivity index (χ3v) is 14.8. The highest BCUT2D eigenvalue weighted by atomic mass is 16.6. The molecule has 6 saturated carbocycles. The Morgan fingerprint density at radius 2 is 1.06 bits per heavy atom. The van der Waals surface area contributed by atoms with Gasteiger partial charge in [0.05, 0.1) is 11.8 Å². The van der Waals surface area contributed by atoms with Gasteiger partial charge in [-0.05, 0) is 160 Å². The molecule has 1 aliphatic heterocycles. The van der Waals surface area contributed by atoms with Crippen LogP contribution in [-0.2, 0) is 14.3 Å². The third kappa shape index (κ3) is 5.56. The van der Waals surface area contributed by atoms with E-state index in [1.807, 2.05) is 12.2 Å². The largest absolute Gasteiger partial charge is 0.393 e. The topological polar surface area (TPSA) is 43.4 Å². The van der Waals surface area contributed by atoms with Gasteiger partial charge in [0.1, 0.15) is 0 Å². The minimum atomic E-state index is -0.304. The SMILES string of the molecule is C1=CC2C=CC1C2.C1=CC2CC1C1C3CCC(C3)C21.C1=CC2CCC1C2.CC=C1CC2C=CC1C2.O=C1OC(=O)C2C3C=CC(C3)C12. The molecule has 7 fully saturated rings. The van der Waals surface area contributed by atoms with Crippen LogP contribution in [0.3, 0.4) is 0 Å². The average Bonchev–Trinajstić information content (AvgIpc) is 3.96. The lowest BCUT2D eigenvalue weighted by Gasteiger charge is -2.31. The van der Waals surface area contributed by atoms with E-state index in [0.717, 1.165) is 77.4 Å². The van der Waals surface area contributed by atoms with E-state index in [0.29, 0.717) is 0 Å². The molecule has 12 bridgehead atoms. The van der Waals surface area contributed by atoms with Crippen LogP contribution < -0.4 is 0 Å². The number of cyclic esters (lactones) is 2. The molecule has 0 aromatic rings. The van der Waals surface area contributed by atoms with Gasteiger partial charge in [0.15, 0.2) is 0 Å². The zero-order valence-electron chi connectivity index (χ0n) is 28.2. The molecule has 13 aliphatic rings. The van der Waals surface area contributed by atoms with Gasteiger partial charge in [-0.25, -0.2) is 0 Å². The number of fused-ring (bicyclic) bond motifs is 20. The summed E-state index contributed by atoms with van der Waals surface area (Å²) < 4.78 is 4.59. The van der Waals surface area contributed by atoms with Crippen LogP contribution in [0.1, 0.15) is 77.6 Å². The molecule has 1 heterocycles. The molecule has 1 saturated heterocycles. The lowest BCUT2D eigenvalue weighted by molar-refractivity contribution is -0.154. The highest BCUT2D eigenvalue weighted by Gasteiger charge is 2.58. The van der Waals surface area contributed by atoms with E-state index in [-0.39, 0.29) is 35.6 Å². The van der Waals surface area contributed by atoms with Gasteiger partial charge in [-0.15, -0.1) is 0 Å². The van der Waals surface area contributed by atoms with Crippen LogP contribution in [0.25, 0.3) is 0 Å². The molecule has 0 N–H and O–H groups in total. The lowest BCUT2D eigenvalue weighted by atomic mass is 9.73. The van der Waals surface area contributed by atoms with Gasteiger partial charge < -0.3 is 4.74 Å². The molecule has 3 nitrogen and oxygen atoms in total. The molecule has 12 aliphatic carbocycles. The van der Waals surface area contributed by atoms with Crippen molar-refractivity contribution >= 4 is 11.9 Å². The average molecular weight is 631 g/mol. The Kier molecular flexibility index (Phi) is 7.97.